The Bertz CT molecular complexity index is 307. The Kier molecular flexibility index (Phi) is 2.23. The van der Waals surface area contributed by atoms with E-state index in [2.05, 4.69) is 19.1 Å². The standard InChI is InChI=1S/C11H14O2/c1-8-2-3-11-10(4-8)5-9(6-12)7-13-11/h2-4,9,12H,5-7H2,1H3. The van der Waals surface area contributed by atoms with E-state index in [1.165, 1.54) is 11.1 Å². The quantitative estimate of drug-likeness (QED) is 0.706. The predicted molar refractivity (Wildman–Crippen MR) is 51.0 cm³/mol. The third-order valence-corrected chi connectivity index (χ3v) is 2.46. The molecular weight excluding hydrogens is 164 g/mol. The van der Waals surface area contributed by atoms with Crippen molar-refractivity contribution in [3.05, 3.63) is 29.3 Å². The molecule has 0 radical (unpaired) electrons. The molecule has 0 aromatic heterocycles. The lowest BCUT2D eigenvalue weighted by molar-refractivity contribution is 0.147. The lowest BCUT2D eigenvalue weighted by Gasteiger charge is -2.23. The van der Waals surface area contributed by atoms with Gasteiger partial charge in [-0.2, -0.15) is 0 Å². The molecule has 2 nitrogen and oxygen atoms in total. The molecule has 1 heterocycles. The number of hydrogen-bond acceptors (Lipinski definition) is 2. The van der Waals surface area contributed by atoms with Gasteiger partial charge in [0.15, 0.2) is 0 Å². The zero-order valence-corrected chi connectivity index (χ0v) is 7.79. The van der Waals surface area contributed by atoms with E-state index in [1.54, 1.807) is 0 Å². The summed E-state index contributed by atoms with van der Waals surface area (Å²) in [7, 11) is 0. The fraction of sp³-hybridized carbons (Fsp3) is 0.455. The number of fused-ring (bicyclic) bond motifs is 1. The van der Waals surface area contributed by atoms with Crippen LogP contribution in [0.1, 0.15) is 11.1 Å². The van der Waals surface area contributed by atoms with Crippen LogP contribution in [0.5, 0.6) is 5.75 Å². The van der Waals surface area contributed by atoms with Crippen LogP contribution in [-0.2, 0) is 6.42 Å². The van der Waals surface area contributed by atoms with Crippen LogP contribution in [0.15, 0.2) is 18.2 Å². The zero-order chi connectivity index (χ0) is 9.26. The second-order valence-corrected chi connectivity index (χ2v) is 3.67. The van der Waals surface area contributed by atoms with Crippen molar-refractivity contribution < 1.29 is 9.84 Å². The molecule has 0 bridgehead atoms. The van der Waals surface area contributed by atoms with E-state index in [-0.39, 0.29) is 12.5 Å². The van der Waals surface area contributed by atoms with Crippen molar-refractivity contribution in [1.82, 2.24) is 0 Å². The third-order valence-electron chi connectivity index (χ3n) is 2.46. The number of benzene rings is 1. The van der Waals surface area contributed by atoms with Crippen LogP contribution in [0.25, 0.3) is 0 Å². The maximum atomic E-state index is 9.01. The third kappa shape index (κ3) is 1.68. The second kappa shape index (κ2) is 3.38. The first-order chi connectivity index (χ1) is 6.29. The van der Waals surface area contributed by atoms with Crippen molar-refractivity contribution in [3.8, 4) is 5.75 Å². The molecule has 1 aliphatic heterocycles. The van der Waals surface area contributed by atoms with Gasteiger partial charge < -0.3 is 9.84 Å². The van der Waals surface area contributed by atoms with Crippen LogP contribution in [0.4, 0.5) is 0 Å². The molecule has 1 aromatic rings. The lowest BCUT2D eigenvalue weighted by atomic mass is 9.96. The first kappa shape index (κ1) is 8.57. The smallest absolute Gasteiger partial charge is 0.122 e. The van der Waals surface area contributed by atoms with Gasteiger partial charge in [-0.1, -0.05) is 17.7 Å². The molecule has 0 saturated carbocycles. The minimum absolute atomic E-state index is 0.216. The Morgan fingerprint density at radius 3 is 3.15 bits per heavy atom. The molecule has 0 fully saturated rings. The van der Waals surface area contributed by atoms with Crippen molar-refractivity contribution in [2.45, 2.75) is 13.3 Å². The maximum absolute atomic E-state index is 9.01. The average molecular weight is 178 g/mol. The molecule has 0 amide bonds. The summed E-state index contributed by atoms with van der Waals surface area (Å²) < 4.78 is 5.52. The maximum Gasteiger partial charge on any atom is 0.122 e. The van der Waals surface area contributed by atoms with E-state index in [0.717, 1.165) is 12.2 Å². The molecule has 70 valence electrons. The summed E-state index contributed by atoms with van der Waals surface area (Å²) in [6.07, 6.45) is 0.938. The van der Waals surface area contributed by atoms with Crippen molar-refractivity contribution in [3.63, 3.8) is 0 Å². The molecule has 1 aliphatic rings. The molecule has 1 atom stereocenters. The first-order valence-corrected chi connectivity index (χ1v) is 4.63. The Morgan fingerprint density at radius 2 is 2.38 bits per heavy atom. The van der Waals surface area contributed by atoms with Crippen LogP contribution in [0.2, 0.25) is 0 Å². The fourth-order valence-corrected chi connectivity index (χ4v) is 1.70. The molecule has 13 heavy (non-hydrogen) atoms. The molecule has 0 saturated heterocycles. The largest absolute Gasteiger partial charge is 0.493 e. The Balaban J connectivity index is 2.27. The van der Waals surface area contributed by atoms with Crippen LogP contribution < -0.4 is 4.74 Å². The highest BCUT2D eigenvalue weighted by Crippen LogP contribution is 2.27. The number of rotatable bonds is 1. The number of hydrogen-bond donors (Lipinski definition) is 1. The number of aryl methyl sites for hydroxylation is 1. The van der Waals surface area contributed by atoms with E-state index in [0.29, 0.717) is 6.61 Å². The van der Waals surface area contributed by atoms with E-state index in [4.69, 9.17) is 9.84 Å². The van der Waals surface area contributed by atoms with Gasteiger partial charge in [-0.25, -0.2) is 0 Å². The van der Waals surface area contributed by atoms with Gasteiger partial charge in [0.2, 0.25) is 0 Å². The average Bonchev–Trinajstić information content (AvgIpc) is 2.16. The van der Waals surface area contributed by atoms with Crippen molar-refractivity contribution in [2.24, 2.45) is 5.92 Å². The van der Waals surface area contributed by atoms with Gasteiger partial charge >= 0.3 is 0 Å². The highest BCUT2D eigenvalue weighted by molar-refractivity contribution is 5.38. The van der Waals surface area contributed by atoms with Gasteiger partial charge in [0.25, 0.3) is 0 Å². The molecular formula is C11H14O2. The minimum atomic E-state index is 0.216. The summed E-state index contributed by atoms with van der Waals surface area (Å²) in [4.78, 5) is 0. The van der Waals surface area contributed by atoms with E-state index in [9.17, 15) is 0 Å². The van der Waals surface area contributed by atoms with Gasteiger partial charge in [-0.3, -0.25) is 0 Å². The molecule has 2 rings (SSSR count). The summed E-state index contributed by atoms with van der Waals surface area (Å²) in [5, 5.41) is 9.01. The molecule has 1 aromatic carbocycles. The minimum Gasteiger partial charge on any atom is -0.493 e. The van der Waals surface area contributed by atoms with Crippen molar-refractivity contribution in [2.75, 3.05) is 13.2 Å². The van der Waals surface area contributed by atoms with Gasteiger partial charge in [0.05, 0.1) is 6.61 Å². The summed E-state index contributed by atoms with van der Waals surface area (Å²) >= 11 is 0. The number of aliphatic hydroxyl groups is 1. The van der Waals surface area contributed by atoms with Crippen LogP contribution in [0, 0.1) is 12.8 Å². The summed E-state index contributed by atoms with van der Waals surface area (Å²) in [6.45, 7) is 2.93. The van der Waals surface area contributed by atoms with Crippen LogP contribution in [0.3, 0.4) is 0 Å². The van der Waals surface area contributed by atoms with E-state index >= 15 is 0 Å². The van der Waals surface area contributed by atoms with Crippen molar-refractivity contribution in [1.29, 1.82) is 0 Å². The molecule has 1 unspecified atom stereocenters. The normalized spacial score (nSPS) is 20.6. The van der Waals surface area contributed by atoms with Gasteiger partial charge in [-0.05, 0) is 25.0 Å². The Hall–Kier alpha value is -1.02. The van der Waals surface area contributed by atoms with Gasteiger partial charge in [-0.15, -0.1) is 0 Å². The van der Waals surface area contributed by atoms with Crippen LogP contribution >= 0.6 is 0 Å². The Labute approximate surface area is 78.2 Å². The Morgan fingerprint density at radius 1 is 1.54 bits per heavy atom. The van der Waals surface area contributed by atoms with Crippen LogP contribution in [-0.4, -0.2) is 18.3 Å². The highest BCUT2D eigenvalue weighted by Gasteiger charge is 2.18. The summed E-state index contributed by atoms with van der Waals surface area (Å²) in [5.41, 5.74) is 2.48. The van der Waals surface area contributed by atoms with Crippen molar-refractivity contribution >= 4 is 0 Å². The summed E-state index contributed by atoms with van der Waals surface area (Å²) in [6, 6.07) is 6.20. The lowest BCUT2D eigenvalue weighted by Crippen LogP contribution is -2.23. The number of ether oxygens (including phenoxy) is 1. The van der Waals surface area contributed by atoms with E-state index in [1.807, 2.05) is 6.07 Å². The fourth-order valence-electron chi connectivity index (χ4n) is 1.70. The number of aliphatic hydroxyl groups excluding tert-OH is 1. The topological polar surface area (TPSA) is 29.5 Å². The first-order valence-electron chi connectivity index (χ1n) is 4.63. The highest BCUT2D eigenvalue weighted by atomic mass is 16.5. The molecule has 0 aliphatic carbocycles. The van der Waals surface area contributed by atoms with Gasteiger partial charge in [0, 0.05) is 12.5 Å². The molecule has 1 N–H and O–H groups in total. The molecule has 2 heteroatoms. The predicted octanol–water partition coefficient (Wildman–Crippen LogP) is 1.54. The van der Waals surface area contributed by atoms with Gasteiger partial charge in [0.1, 0.15) is 5.75 Å². The zero-order valence-electron chi connectivity index (χ0n) is 7.79. The summed E-state index contributed by atoms with van der Waals surface area (Å²) in [5.74, 6) is 1.25. The van der Waals surface area contributed by atoms with E-state index < -0.39 is 0 Å². The molecule has 0 spiro atoms. The second-order valence-electron chi connectivity index (χ2n) is 3.67. The monoisotopic (exact) mass is 178 g/mol. The SMILES string of the molecule is Cc1ccc2c(c1)CC(CO)CO2.